The summed E-state index contributed by atoms with van der Waals surface area (Å²) in [5.41, 5.74) is -0.500. The second kappa shape index (κ2) is 9.50. The smallest absolute Gasteiger partial charge is 0.420 e. The zero-order valence-corrected chi connectivity index (χ0v) is 20.9. The van der Waals surface area contributed by atoms with E-state index in [0.29, 0.717) is 25.9 Å². The standard InChI is InChI=1S/C30H26F3NO5/c31-30(32,33)24-13-7-8-20(18-24)19-37-29-23-14-16-34(17-15-23)28(29,38-26(35)27(36)39-29)25(21-9-3-1-4-10-21)22-11-5-2-6-12-22/h1-13,18,23,25H,14-17,19H2. The summed E-state index contributed by atoms with van der Waals surface area (Å²) in [5.74, 6) is -5.03. The molecule has 0 aromatic heterocycles. The van der Waals surface area contributed by atoms with E-state index < -0.39 is 41.1 Å². The van der Waals surface area contributed by atoms with Crippen LogP contribution in [0.15, 0.2) is 84.9 Å². The Bertz CT molecular complexity index is 1330. The van der Waals surface area contributed by atoms with E-state index in [1.165, 1.54) is 12.1 Å². The quantitative estimate of drug-likeness (QED) is 0.315. The summed E-state index contributed by atoms with van der Waals surface area (Å²) >= 11 is 0. The van der Waals surface area contributed by atoms with Crippen molar-refractivity contribution in [2.45, 2.75) is 43.1 Å². The van der Waals surface area contributed by atoms with E-state index in [2.05, 4.69) is 0 Å². The first kappa shape index (κ1) is 25.6. The van der Waals surface area contributed by atoms with E-state index in [1.54, 1.807) is 0 Å². The molecule has 3 aromatic carbocycles. The number of rotatable bonds is 6. The zero-order chi connectivity index (χ0) is 27.3. The van der Waals surface area contributed by atoms with Gasteiger partial charge in [0.2, 0.25) is 5.72 Å². The Morgan fingerprint density at radius 2 is 1.44 bits per heavy atom. The van der Waals surface area contributed by atoms with Crippen LogP contribution in [-0.4, -0.2) is 41.4 Å². The van der Waals surface area contributed by atoms with Crippen LogP contribution < -0.4 is 0 Å². The molecule has 4 aliphatic rings. The van der Waals surface area contributed by atoms with Crippen molar-refractivity contribution in [1.29, 1.82) is 0 Å². The molecule has 39 heavy (non-hydrogen) atoms. The van der Waals surface area contributed by atoms with Crippen molar-refractivity contribution in [1.82, 2.24) is 4.90 Å². The third-order valence-corrected chi connectivity index (χ3v) is 8.03. The minimum Gasteiger partial charge on any atom is -0.427 e. The molecule has 3 aromatic rings. The molecule has 6 nitrogen and oxygen atoms in total. The van der Waals surface area contributed by atoms with Crippen LogP contribution in [0.4, 0.5) is 13.2 Å². The molecule has 0 saturated carbocycles. The van der Waals surface area contributed by atoms with Crippen molar-refractivity contribution < 1.29 is 37.0 Å². The van der Waals surface area contributed by atoms with Crippen LogP contribution >= 0.6 is 0 Å². The number of nitrogens with zero attached hydrogens (tertiary/aromatic N) is 1. The third kappa shape index (κ3) is 4.11. The van der Waals surface area contributed by atoms with Gasteiger partial charge in [0.15, 0.2) is 0 Å². The average molecular weight is 538 g/mol. The van der Waals surface area contributed by atoms with E-state index in [0.717, 1.165) is 23.3 Å². The number of piperidine rings is 3. The number of fused-ring (bicyclic) bond motifs is 2. The number of benzene rings is 3. The van der Waals surface area contributed by atoms with Crippen LogP contribution in [0.25, 0.3) is 0 Å². The molecule has 4 aliphatic heterocycles. The highest BCUT2D eigenvalue weighted by Gasteiger charge is 2.76. The summed E-state index contributed by atoms with van der Waals surface area (Å²) in [6.07, 6.45) is -3.32. The van der Waals surface area contributed by atoms with Crippen LogP contribution in [-0.2, 0) is 36.6 Å². The van der Waals surface area contributed by atoms with Gasteiger partial charge in [0.25, 0.3) is 5.79 Å². The third-order valence-electron chi connectivity index (χ3n) is 8.03. The van der Waals surface area contributed by atoms with E-state index in [-0.39, 0.29) is 18.1 Å². The molecule has 9 heteroatoms. The Balaban J connectivity index is 1.52. The number of esters is 2. The molecule has 2 atom stereocenters. The minimum absolute atomic E-state index is 0.258. The van der Waals surface area contributed by atoms with Crippen molar-refractivity contribution >= 4 is 11.9 Å². The van der Waals surface area contributed by atoms with E-state index in [9.17, 15) is 22.8 Å². The molecular formula is C30H26F3NO5. The number of alkyl halides is 3. The number of halogens is 3. The molecular weight excluding hydrogens is 511 g/mol. The lowest BCUT2D eigenvalue weighted by molar-refractivity contribution is -0.417. The Hall–Kier alpha value is -3.69. The second-order valence-corrected chi connectivity index (χ2v) is 10.1. The Labute approximate surface area is 223 Å². The number of hydrogen-bond acceptors (Lipinski definition) is 6. The Morgan fingerprint density at radius 3 is 2.03 bits per heavy atom. The molecule has 7 rings (SSSR count). The van der Waals surface area contributed by atoms with Gasteiger partial charge in [-0.2, -0.15) is 13.2 Å². The van der Waals surface area contributed by atoms with Gasteiger partial charge in [0, 0.05) is 19.0 Å². The van der Waals surface area contributed by atoms with Crippen LogP contribution in [0.2, 0.25) is 0 Å². The Morgan fingerprint density at radius 1 is 0.846 bits per heavy atom. The van der Waals surface area contributed by atoms with Crippen LogP contribution in [0.1, 0.15) is 41.0 Å². The largest absolute Gasteiger partial charge is 0.427 e. The lowest BCUT2D eigenvalue weighted by Crippen LogP contribution is -2.82. The normalized spacial score (nSPS) is 28.1. The number of carbonyl (C=O) groups is 2. The first-order valence-corrected chi connectivity index (χ1v) is 12.9. The lowest BCUT2D eigenvalue weighted by atomic mass is 9.66. The van der Waals surface area contributed by atoms with Gasteiger partial charge in [-0.3, -0.25) is 4.90 Å². The van der Waals surface area contributed by atoms with Crippen molar-refractivity contribution in [2.75, 3.05) is 13.1 Å². The summed E-state index contributed by atoms with van der Waals surface area (Å²) in [4.78, 5) is 27.8. The summed E-state index contributed by atoms with van der Waals surface area (Å²) in [6, 6.07) is 23.8. The molecule has 4 saturated heterocycles. The predicted octanol–water partition coefficient (Wildman–Crippen LogP) is 5.27. The van der Waals surface area contributed by atoms with Crippen molar-refractivity contribution in [2.24, 2.45) is 5.92 Å². The van der Waals surface area contributed by atoms with Crippen molar-refractivity contribution in [3.63, 3.8) is 0 Å². The average Bonchev–Trinajstić information content (AvgIpc) is 2.95. The maximum absolute atomic E-state index is 13.4. The molecule has 0 amide bonds. The fraction of sp³-hybridized carbons (Fsp3) is 0.333. The molecule has 2 unspecified atom stereocenters. The number of ether oxygens (including phenoxy) is 3. The fourth-order valence-electron chi connectivity index (χ4n) is 6.42. The van der Waals surface area contributed by atoms with E-state index >= 15 is 0 Å². The first-order valence-electron chi connectivity index (χ1n) is 12.9. The highest BCUT2D eigenvalue weighted by atomic mass is 19.4. The maximum atomic E-state index is 13.4. The molecule has 0 aliphatic carbocycles. The lowest BCUT2D eigenvalue weighted by Gasteiger charge is -2.65. The van der Waals surface area contributed by atoms with Gasteiger partial charge >= 0.3 is 18.1 Å². The van der Waals surface area contributed by atoms with E-state index in [4.69, 9.17) is 14.2 Å². The molecule has 4 heterocycles. The summed E-state index contributed by atoms with van der Waals surface area (Å²) in [7, 11) is 0. The summed E-state index contributed by atoms with van der Waals surface area (Å²) in [5, 5.41) is 0. The van der Waals surface area contributed by atoms with Gasteiger partial charge < -0.3 is 14.2 Å². The first-order chi connectivity index (χ1) is 18.7. The maximum Gasteiger partial charge on any atom is 0.420 e. The topological polar surface area (TPSA) is 65.1 Å². The predicted molar refractivity (Wildman–Crippen MR) is 133 cm³/mol. The summed E-state index contributed by atoms with van der Waals surface area (Å²) in [6.45, 7) is 0.859. The fourth-order valence-corrected chi connectivity index (χ4v) is 6.42. The summed E-state index contributed by atoms with van der Waals surface area (Å²) < 4.78 is 58.9. The molecule has 202 valence electrons. The SMILES string of the molecule is O=C1OC2(OCc3cccc(C(F)(F)F)c3)C3CCN(CC3)C2(C(c2ccccc2)c2ccccc2)OC1=O. The zero-order valence-electron chi connectivity index (χ0n) is 20.9. The molecule has 0 radical (unpaired) electrons. The molecule has 4 fully saturated rings. The second-order valence-electron chi connectivity index (χ2n) is 10.1. The van der Waals surface area contributed by atoms with Gasteiger partial charge in [-0.05, 0) is 41.7 Å². The van der Waals surface area contributed by atoms with Gasteiger partial charge in [-0.1, -0.05) is 72.8 Å². The van der Waals surface area contributed by atoms with Gasteiger partial charge in [0.05, 0.1) is 18.1 Å². The van der Waals surface area contributed by atoms with Crippen LogP contribution in [0.3, 0.4) is 0 Å². The molecule has 0 spiro atoms. The van der Waals surface area contributed by atoms with E-state index in [1.807, 2.05) is 65.6 Å². The van der Waals surface area contributed by atoms with Crippen LogP contribution in [0, 0.1) is 5.92 Å². The van der Waals surface area contributed by atoms with Gasteiger partial charge in [0.1, 0.15) is 0 Å². The highest BCUT2D eigenvalue weighted by Crippen LogP contribution is 2.59. The minimum atomic E-state index is -4.52. The van der Waals surface area contributed by atoms with Crippen molar-refractivity contribution in [3.05, 3.63) is 107 Å². The number of hydrogen-bond donors (Lipinski definition) is 0. The van der Waals surface area contributed by atoms with Crippen LogP contribution in [0.5, 0.6) is 0 Å². The number of carbonyl (C=O) groups excluding carboxylic acids is 2. The molecule has 2 bridgehead atoms. The Kier molecular flexibility index (Phi) is 6.23. The monoisotopic (exact) mass is 537 g/mol. The highest BCUT2D eigenvalue weighted by molar-refractivity contribution is 6.30. The van der Waals surface area contributed by atoms with Gasteiger partial charge in [-0.15, -0.1) is 0 Å². The van der Waals surface area contributed by atoms with Crippen molar-refractivity contribution in [3.8, 4) is 0 Å². The molecule has 0 N–H and O–H groups in total. The van der Waals surface area contributed by atoms with Gasteiger partial charge in [-0.25, -0.2) is 9.59 Å².